The van der Waals surface area contributed by atoms with Gasteiger partial charge in [-0.2, -0.15) is 0 Å². The highest BCUT2D eigenvalue weighted by atomic mass is 79.9. The van der Waals surface area contributed by atoms with E-state index in [2.05, 4.69) is 26.6 Å². The summed E-state index contributed by atoms with van der Waals surface area (Å²) in [5.41, 5.74) is 0.630. The van der Waals surface area contributed by atoms with Crippen molar-refractivity contribution < 1.29 is 19.8 Å². The number of aromatic hydroxyl groups is 1. The van der Waals surface area contributed by atoms with Crippen molar-refractivity contribution in [3.63, 3.8) is 0 Å². The zero-order chi connectivity index (χ0) is 18.7. The fourth-order valence-electron chi connectivity index (χ4n) is 2.02. The number of halogens is 2. The predicted molar refractivity (Wildman–Crippen MR) is 103 cm³/mol. The number of hydrogen-bond donors (Lipinski definition) is 4. The molecule has 0 saturated carbocycles. The first kappa shape index (κ1) is 19.2. The molecule has 2 rings (SSSR count). The van der Waals surface area contributed by atoms with Gasteiger partial charge in [0.25, 0.3) is 5.91 Å². The Kier molecular flexibility index (Phi) is 5.99. The van der Waals surface area contributed by atoms with Crippen LogP contribution >= 0.6 is 39.7 Å². The number of carbonyl (C=O) groups is 2. The third-order valence-corrected chi connectivity index (χ3v) is 4.22. The average Bonchev–Trinajstić information content (AvgIpc) is 2.52. The molecule has 1 amide bonds. The maximum Gasteiger partial charge on any atom is 0.339 e. The first-order chi connectivity index (χ1) is 11.7. The summed E-state index contributed by atoms with van der Waals surface area (Å²) in [5, 5.41) is 24.2. The molecule has 0 aromatic heterocycles. The number of nitrogens with one attached hydrogen (secondary N) is 2. The van der Waals surface area contributed by atoms with Gasteiger partial charge in [0.1, 0.15) is 11.3 Å². The zero-order valence-corrected chi connectivity index (χ0v) is 15.9. The van der Waals surface area contributed by atoms with E-state index >= 15 is 0 Å². The third kappa shape index (κ3) is 4.68. The topological polar surface area (TPSA) is 98.7 Å². The first-order valence-corrected chi connectivity index (χ1v) is 8.41. The fourth-order valence-corrected chi connectivity index (χ4v) is 2.79. The molecule has 2 aromatic rings. The van der Waals surface area contributed by atoms with Crippen molar-refractivity contribution in [2.45, 2.75) is 6.92 Å². The van der Waals surface area contributed by atoms with Gasteiger partial charge < -0.3 is 15.5 Å². The smallest absolute Gasteiger partial charge is 0.339 e. The summed E-state index contributed by atoms with van der Waals surface area (Å²) < 4.78 is 0.682. The highest BCUT2D eigenvalue weighted by Crippen LogP contribution is 2.26. The maximum absolute atomic E-state index is 12.2. The van der Waals surface area contributed by atoms with Crippen LogP contribution in [0.2, 0.25) is 5.02 Å². The van der Waals surface area contributed by atoms with Crippen LogP contribution in [0.15, 0.2) is 34.8 Å². The molecule has 25 heavy (non-hydrogen) atoms. The van der Waals surface area contributed by atoms with Crippen LogP contribution in [0.1, 0.15) is 26.3 Å². The highest BCUT2D eigenvalue weighted by Gasteiger charge is 2.16. The van der Waals surface area contributed by atoms with Crippen LogP contribution in [-0.2, 0) is 0 Å². The summed E-state index contributed by atoms with van der Waals surface area (Å²) in [4.78, 5) is 23.4. The molecule has 0 atom stereocenters. The van der Waals surface area contributed by atoms with Crippen LogP contribution in [0.4, 0.5) is 5.69 Å². The molecule has 6 nitrogen and oxygen atoms in total. The van der Waals surface area contributed by atoms with E-state index in [-0.39, 0.29) is 27.0 Å². The molecule has 0 heterocycles. The largest absolute Gasteiger partial charge is 0.507 e. The molecule has 0 aliphatic heterocycles. The molecule has 0 saturated heterocycles. The second-order valence-corrected chi connectivity index (χ2v) is 6.76. The van der Waals surface area contributed by atoms with Gasteiger partial charge in [0, 0.05) is 10.2 Å². The van der Waals surface area contributed by atoms with E-state index in [0.717, 1.165) is 0 Å². The van der Waals surface area contributed by atoms with Gasteiger partial charge in [-0.1, -0.05) is 27.5 Å². The van der Waals surface area contributed by atoms with Crippen LogP contribution in [0, 0.1) is 6.92 Å². The average molecular weight is 444 g/mol. The fraction of sp³-hybridized carbons (Fsp3) is 0.0625. The normalized spacial score (nSPS) is 10.2. The van der Waals surface area contributed by atoms with Gasteiger partial charge in [0.2, 0.25) is 0 Å². The number of benzene rings is 2. The number of carbonyl (C=O) groups excluding carboxylic acids is 1. The number of thiocarbonyl (C=S) groups is 1. The standard InChI is InChI=1S/C16H12BrClN2O4S/c1-7-4-9(6-11(13(7)21)15(23)24)19-16(25)20-14(22)10-5-8(17)2-3-12(10)18/h2-6,21H,1H3,(H,23,24)(H2,19,20,22,25). The van der Waals surface area contributed by atoms with Crippen molar-refractivity contribution >= 4 is 62.4 Å². The Bertz CT molecular complexity index is 889. The van der Waals surface area contributed by atoms with Gasteiger partial charge in [-0.15, -0.1) is 0 Å². The molecular weight excluding hydrogens is 432 g/mol. The van der Waals surface area contributed by atoms with Gasteiger partial charge in [0.05, 0.1) is 10.6 Å². The van der Waals surface area contributed by atoms with E-state index in [9.17, 15) is 14.7 Å². The minimum absolute atomic E-state index is 0.0394. The lowest BCUT2D eigenvalue weighted by molar-refractivity contribution is 0.0693. The molecule has 0 bridgehead atoms. The SMILES string of the molecule is Cc1cc(NC(=S)NC(=O)c2cc(Br)ccc2Cl)cc(C(=O)O)c1O. The van der Waals surface area contributed by atoms with Gasteiger partial charge in [-0.05, 0) is 55.0 Å². The number of amides is 1. The van der Waals surface area contributed by atoms with E-state index < -0.39 is 11.9 Å². The van der Waals surface area contributed by atoms with Crippen molar-refractivity contribution in [1.82, 2.24) is 5.32 Å². The number of anilines is 1. The lowest BCUT2D eigenvalue weighted by Gasteiger charge is -2.13. The Morgan fingerprint density at radius 1 is 1.20 bits per heavy atom. The summed E-state index contributed by atoms with van der Waals surface area (Å²) >= 11 is 14.3. The number of hydrogen-bond acceptors (Lipinski definition) is 4. The molecule has 9 heteroatoms. The van der Waals surface area contributed by atoms with Gasteiger partial charge in [0.15, 0.2) is 5.11 Å². The Morgan fingerprint density at radius 2 is 1.88 bits per heavy atom. The maximum atomic E-state index is 12.2. The van der Waals surface area contributed by atoms with Crippen LogP contribution in [0.3, 0.4) is 0 Å². The lowest BCUT2D eigenvalue weighted by atomic mass is 10.1. The summed E-state index contributed by atoms with van der Waals surface area (Å²) in [5.74, 6) is -2.12. The minimum atomic E-state index is -1.28. The third-order valence-electron chi connectivity index (χ3n) is 3.19. The van der Waals surface area contributed by atoms with Gasteiger partial charge in [-0.25, -0.2) is 4.79 Å². The second kappa shape index (κ2) is 7.81. The predicted octanol–water partition coefficient (Wildman–Crippen LogP) is 3.94. The van der Waals surface area contributed by atoms with E-state index in [1.807, 2.05) is 0 Å². The Labute approximate surface area is 161 Å². The van der Waals surface area contributed by atoms with Crippen molar-refractivity contribution in [3.05, 3.63) is 56.5 Å². The number of carboxylic acids is 1. The molecule has 2 aromatic carbocycles. The number of phenols is 1. The molecule has 0 unspecified atom stereocenters. The van der Waals surface area contributed by atoms with Crippen molar-refractivity contribution in [2.75, 3.05) is 5.32 Å². The Balaban J connectivity index is 2.16. The van der Waals surface area contributed by atoms with Crippen molar-refractivity contribution in [3.8, 4) is 5.75 Å². The minimum Gasteiger partial charge on any atom is -0.507 e. The summed E-state index contributed by atoms with van der Waals surface area (Å²) in [6.07, 6.45) is 0. The number of rotatable bonds is 3. The van der Waals surface area contributed by atoms with Crippen LogP contribution in [0.25, 0.3) is 0 Å². The molecule has 4 N–H and O–H groups in total. The zero-order valence-electron chi connectivity index (χ0n) is 12.8. The molecule has 130 valence electrons. The van der Waals surface area contributed by atoms with Gasteiger partial charge >= 0.3 is 5.97 Å². The van der Waals surface area contributed by atoms with Crippen LogP contribution in [0.5, 0.6) is 5.75 Å². The van der Waals surface area contributed by atoms with Crippen molar-refractivity contribution in [2.24, 2.45) is 0 Å². The number of aryl methyl sites for hydroxylation is 1. The van der Waals surface area contributed by atoms with Crippen LogP contribution in [-0.4, -0.2) is 27.2 Å². The molecule has 0 aliphatic rings. The molecule has 0 radical (unpaired) electrons. The van der Waals surface area contributed by atoms with E-state index in [1.165, 1.54) is 12.1 Å². The molecular formula is C16H12BrClN2O4S. The number of carboxylic acid groups (broad SMARTS) is 1. The first-order valence-electron chi connectivity index (χ1n) is 6.83. The summed E-state index contributed by atoms with van der Waals surface area (Å²) in [7, 11) is 0. The molecule has 0 aliphatic carbocycles. The molecule has 0 spiro atoms. The van der Waals surface area contributed by atoms with E-state index in [0.29, 0.717) is 15.7 Å². The van der Waals surface area contributed by atoms with Crippen LogP contribution < -0.4 is 10.6 Å². The number of aromatic carboxylic acids is 1. The van der Waals surface area contributed by atoms with Gasteiger partial charge in [-0.3, -0.25) is 10.1 Å². The second-order valence-electron chi connectivity index (χ2n) is 5.03. The Hall–Kier alpha value is -2.16. The summed E-state index contributed by atoms with van der Waals surface area (Å²) in [6.45, 7) is 1.55. The molecule has 0 fully saturated rings. The van der Waals surface area contributed by atoms with Crippen molar-refractivity contribution in [1.29, 1.82) is 0 Å². The summed E-state index contributed by atoms with van der Waals surface area (Å²) in [6, 6.07) is 7.54. The van der Waals surface area contributed by atoms with E-state index in [4.69, 9.17) is 28.9 Å². The quantitative estimate of drug-likeness (QED) is 0.424. The van der Waals surface area contributed by atoms with E-state index in [1.54, 1.807) is 25.1 Å². The monoisotopic (exact) mass is 442 g/mol. The lowest BCUT2D eigenvalue weighted by Crippen LogP contribution is -2.34. The highest BCUT2D eigenvalue weighted by molar-refractivity contribution is 9.10. The Morgan fingerprint density at radius 3 is 2.52 bits per heavy atom.